The third-order valence-electron chi connectivity index (χ3n) is 4.07. The quantitative estimate of drug-likeness (QED) is 0.106. The maximum absolute atomic E-state index is 12.0. The first-order valence-corrected chi connectivity index (χ1v) is 12.4. The van der Waals surface area contributed by atoms with Gasteiger partial charge in [-0.25, -0.2) is 4.79 Å². The third kappa shape index (κ3) is 15.1. The highest BCUT2D eigenvalue weighted by atomic mass is 32.2. The van der Waals surface area contributed by atoms with Gasteiger partial charge in [0.15, 0.2) is 0 Å². The summed E-state index contributed by atoms with van der Waals surface area (Å²) in [7, 11) is -3.77. The Morgan fingerprint density at radius 1 is 0.706 bits per heavy atom. The molecule has 0 spiro atoms. The van der Waals surface area contributed by atoms with Crippen LogP contribution in [0.15, 0.2) is 41.3 Å². The monoisotopic (exact) mass is 504 g/mol. The van der Waals surface area contributed by atoms with Gasteiger partial charge in [-0.05, 0) is 26.0 Å². The van der Waals surface area contributed by atoms with Crippen molar-refractivity contribution >= 4 is 16.1 Å². The summed E-state index contributed by atoms with van der Waals surface area (Å²) < 4.78 is 60.5. The molecule has 0 aliphatic rings. The number of esters is 1. The van der Waals surface area contributed by atoms with Crippen LogP contribution in [0.25, 0.3) is 0 Å². The normalized spacial score (nSPS) is 11.5. The topological polar surface area (TPSA) is 116 Å². The largest absolute Gasteiger partial charge is 0.460 e. The van der Waals surface area contributed by atoms with Crippen molar-refractivity contribution in [3.05, 3.63) is 42.0 Å². The first kappa shape index (κ1) is 30.2. The number of hydrogen-bond acceptors (Lipinski definition) is 10. The van der Waals surface area contributed by atoms with Crippen molar-refractivity contribution in [1.29, 1.82) is 0 Å². The van der Waals surface area contributed by atoms with Gasteiger partial charge in [-0.1, -0.05) is 24.3 Å². The van der Waals surface area contributed by atoms with Gasteiger partial charge < -0.3 is 28.4 Å². The molecule has 34 heavy (non-hydrogen) atoms. The van der Waals surface area contributed by atoms with Crippen LogP contribution in [0, 0.1) is 6.92 Å². The molecule has 1 aromatic carbocycles. The second-order valence-corrected chi connectivity index (χ2v) is 8.68. The van der Waals surface area contributed by atoms with Crippen LogP contribution in [0.3, 0.4) is 0 Å². The lowest BCUT2D eigenvalue weighted by atomic mass is 10.2. The smallest absolute Gasteiger partial charge is 0.333 e. The predicted molar refractivity (Wildman–Crippen MR) is 124 cm³/mol. The Hall–Kier alpha value is -1.86. The van der Waals surface area contributed by atoms with E-state index in [-0.39, 0.29) is 24.7 Å². The van der Waals surface area contributed by atoms with Gasteiger partial charge >= 0.3 is 5.97 Å². The molecule has 0 N–H and O–H groups in total. The summed E-state index contributed by atoms with van der Waals surface area (Å²) >= 11 is 0. The Kier molecular flexibility index (Phi) is 16.4. The maximum Gasteiger partial charge on any atom is 0.333 e. The zero-order chi connectivity index (χ0) is 25.1. The first-order chi connectivity index (χ1) is 16.3. The zero-order valence-corrected chi connectivity index (χ0v) is 20.8. The summed E-state index contributed by atoms with van der Waals surface area (Å²) in [4.78, 5) is 11.3. The molecule has 0 saturated heterocycles. The highest BCUT2D eigenvalue weighted by molar-refractivity contribution is 7.86. The second-order valence-electron chi connectivity index (χ2n) is 7.07. The molecule has 0 atom stereocenters. The molecule has 1 aromatic rings. The van der Waals surface area contributed by atoms with Gasteiger partial charge in [-0.15, -0.1) is 0 Å². The number of carbonyl (C=O) groups is 1. The number of aryl methyl sites for hydroxylation is 1. The highest BCUT2D eigenvalue weighted by Crippen LogP contribution is 2.12. The van der Waals surface area contributed by atoms with Crippen molar-refractivity contribution in [3.63, 3.8) is 0 Å². The average molecular weight is 505 g/mol. The standard InChI is InChI=1S/C23H36O10S/c1-20(2)23(24)32-18-16-30-14-12-28-10-8-27-9-11-29-13-15-31-17-19-33-34(25,26)22-6-4-21(3)5-7-22/h4-7H,1,8-19H2,2-3H3. The molecule has 1 rings (SSSR count). The van der Waals surface area contributed by atoms with Crippen molar-refractivity contribution in [2.75, 3.05) is 79.3 Å². The molecular formula is C23H36O10S. The van der Waals surface area contributed by atoms with E-state index in [0.29, 0.717) is 65.0 Å². The summed E-state index contributed by atoms with van der Waals surface area (Å²) in [6.07, 6.45) is 0. The second kappa shape index (κ2) is 18.5. The van der Waals surface area contributed by atoms with Crippen LogP contribution in [0.5, 0.6) is 0 Å². The molecule has 194 valence electrons. The van der Waals surface area contributed by atoms with E-state index in [0.717, 1.165) is 5.56 Å². The SMILES string of the molecule is C=C(C)C(=O)OCCOCCOCCOCCOCCOCCOS(=O)(=O)c1ccc(C)cc1. The lowest BCUT2D eigenvalue weighted by molar-refractivity contribution is -0.140. The minimum atomic E-state index is -3.77. The number of ether oxygens (including phenoxy) is 6. The minimum Gasteiger partial charge on any atom is -0.460 e. The summed E-state index contributed by atoms with van der Waals surface area (Å²) in [6.45, 7) is 10.7. The Bertz CT molecular complexity index is 792. The fourth-order valence-corrected chi connectivity index (χ4v) is 3.17. The molecule has 0 aliphatic carbocycles. The Morgan fingerprint density at radius 2 is 1.09 bits per heavy atom. The van der Waals surface area contributed by atoms with E-state index in [9.17, 15) is 13.2 Å². The van der Waals surface area contributed by atoms with Crippen LogP contribution in [-0.4, -0.2) is 93.7 Å². The van der Waals surface area contributed by atoms with Gasteiger partial charge in [-0.2, -0.15) is 8.42 Å². The van der Waals surface area contributed by atoms with Gasteiger partial charge in [0.2, 0.25) is 0 Å². The maximum atomic E-state index is 12.0. The molecule has 0 aliphatic heterocycles. The average Bonchev–Trinajstić information content (AvgIpc) is 2.80. The zero-order valence-electron chi connectivity index (χ0n) is 20.0. The molecule has 0 bridgehead atoms. The van der Waals surface area contributed by atoms with E-state index in [1.165, 1.54) is 12.1 Å². The third-order valence-corrected chi connectivity index (χ3v) is 5.40. The van der Waals surface area contributed by atoms with E-state index in [1.54, 1.807) is 19.1 Å². The van der Waals surface area contributed by atoms with Gasteiger partial charge in [0, 0.05) is 5.57 Å². The molecule has 0 unspecified atom stereocenters. The fraction of sp³-hybridized carbons (Fsp3) is 0.609. The Morgan fingerprint density at radius 3 is 1.50 bits per heavy atom. The molecule has 0 aromatic heterocycles. The Labute approximate surface area is 202 Å². The van der Waals surface area contributed by atoms with Gasteiger partial charge in [0.1, 0.15) is 6.61 Å². The molecule has 0 fully saturated rings. The van der Waals surface area contributed by atoms with Gasteiger partial charge in [0.05, 0.1) is 77.6 Å². The van der Waals surface area contributed by atoms with E-state index in [2.05, 4.69) is 6.58 Å². The van der Waals surface area contributed by atoms with E-state index in [1.807, 2.05) is 6.92 Å². The van der Waals surface area contributed by atoms with Gasteiger partial charge in [-0.3, -0.25) is 4.18 Å². The number of hydrogen-bond donors (Lipinski definition) is 0. The van der Waals surface area contributed by atoms with Crippen LogP contribution >= 0.6 is 0 Å². The summed E-state index contributed by atoms with van der Waals surface area (Å²) in [6, 6.07) is 6.45. The van der Waals surface area contributed by atoms with Crippen molar-refractivity contribution in [3.8, 4) is 0 Å². The van der Waals surface area contributed by atoms with E-state index < -0.39 is 16.1 Å². The van der Waals surface area contributed by atoms with Crippen LogP contribution in [0.2, 0.25) is 0 Å². The number of carbonyl (C=O) groups excluding carboxylic acids is 1. The van der Waals surface area contributed by atoms with Crippen LogP contribution in [0.1, 0.15) is 12.5 Å². The highest BCUT2D eigenvalue weighted by Gasteiger charge is 2.14. The lowest BCUT2D eigenvalue weighted by Gasteiger charge is -2.09. The lowest BCUT2D eigenvalue weighted by Crippen LogP contribution is -2.15. The fourth-order valence-electron chi connectivity index (χ4n) is 2.27. The molecule has 0 amide bonds. The van der Waals surface area contributed by atoms with E-state index >= 15 is 0 Å². The molecule has 0 heterocycles. The summed E-state index contributed by atoms with van der Waals surface area (Å²) in [5.41, 5.74) is 1.33. The van der Waals surface area contributed by atoms with Crippen molar-refractivity contribution < 1.29 is 45.8 Å². The first-order valence-electron chi connectivity index (χ1n) is 11.0. The van der Waals surface area contributed by atoms with Crippen molar-refractivity contribution in [2.45, 2.75) is 18.7 Å². The molecule has 0 saturated carbocycles. The van der Waals surface area contributed by atoms with Crippen LogP contribution in [-0.2, 0) is 47.5 Å². The summed E-state index contributed by atoms with van der Waals surface area (Å²) in [5, 5.41) is 0. The van der Waals surface area contributed by atoms with Crippen molar-refractivity contribution in [1.82, 2.24) is 0 Å². The number of benzene rings is 1. The molecular weight excluding hydrogens is 468 g/mol. The van der Waals surface area contributed by atoms with Crippen molar-refractivity contribution in [2.24, 2.45) is 0 Å². The Balaban J connectivity index is 1.81. The molecule has 11 heteroatoms. The van der Waals surface area contributed by atoms with Crippen LogP contribution in [0.4, 0.5) is 0 Å². The van der Waals surface area contributed by atoms with Gasteiger partial charge in [0.25, 0.3) is 10.1 Å². The number of rotatable bonds is 21. The molecule has 0 radical (unpaired) electrons. The summed E-state index contributed by atoms with van der Waals surface area (Å²) in [5.74, 6) is -0.426. The van der Waals surface area contributed by atoms with Crippen LogP contribution < -0.4 is 0 Å². The molecule has 10 nitrogen and oxygen atoms in total. The van der Waals surface area contributed by atoms with E-state index in [4.69, 9.17) is 32.6 Å². The predicted octanol–water partition coefficient (Wildman–Crippen LogP) is 1.90. The minimum absolute atomic E-state index is 0.0627.